The number of hydrogen-bond donors (Lipinski definition) is 2. The van der Waals surface area contributed by atoms with Gasteiger partial charge in [0.15, 0.2) is 0 Å². The second kappa shape index (κ2) is 7.36. The fraction of sp³-hybridized carbons (Fsp3) is 0.200. The Bertz CT molecular complexity index is 767. The van der Waals surface area contributed by atoms with Gasteiger partial charge in [0.25, 0.3) is 0 Å². The zero-order valence-corrected chi connectivity index (χ0v) is 13.5. The van der Waals surface area contributed by atoms with Gasteiger partial charge in [-0.25, -0.2) is 0 Å². The smallest absolute Gasteiger partial charge is 0.343 e. The number of rotatable bonds is 3. The first-order valence-electron chi connectivity index (χ1n) is 6.88. The summed E-state index contributed by atoms with van der Waals surface area (Å²) in [6, 6.07) is 3.94. The molecule has 1 heterocycles. The van der Waals surface area contributed by atoms with Gasteiger partial charge >= 0.3 is 24.2 Å². The maximum absolute atomic E-state index is 12.8. The third kappa shape index (κ3) is 5.22. The number of carbonyl (C=O) groups excluding carboxylic acids is 2. The molecule has 0 aliphatic carbocycles. The summed E-state index contributed by atoms with van der Waals surface area (Å²) in [6.07, 6.45) is -10.1. The van der Waals surface area contributed by atoms with Crippen LogP contribution in [0.5, 0.6) is 0 Å². The molecule has 2 rings (SSSR count). The van der Waals surface area contributed by atoms with Gasteiger partial charge in [-0.3, -0.25) is 9.59 Å². The van der Waals surface area contributed by atoms with E-state index in [4.69, 9.17) is 0 Å². The molecule has 0 atom stereocenters. The molecule has 140 valence electrons. The molecule has 11 heteroatoms. The summed E-state index contributed by atoms with van der Waals surface area (Å²) in [6.45, 7) is 0.000309. The summed E-state index contributed by atoms with van der Waals surface area (Å²) < 4.78 is 76.5. The number of thiophene rings is 1. The molecule has 26 heavy (non-hydrogen) atoms. The number of carbonyl (C=O) groups is 2. The Balaban J connectivity index is 2.16. The number of nitrogens with one attached hydrogen (secondary N) is 2. The standard InChI is InChI=1S/C15H10F6N2O2S/c16-14(17,18)8-4-9(15(19,20)21)6-10(5-8)23-13(25)12(24)22-7-11-2-1-3-26-11/h1-6H,7H2,(H,22,24)(H,23,25). The van der Waals surface area contributed by atoms with Crippen LogP contribution in [-0.2, 0) is 28.5 Å². The zero-order chi connectivity index (χ0) is 19.5. The molecule has 1 aromatic heterocycles. The summed E-state index contributed by atoms with van der Waals surface area (Å²) >= 11 is 1.29. The molecule has 0 aliphatic rings. The Morgan fingerprint density at radius 2 is 1.50 bits per heavy atom. The van der Waals surface area contributed by atoms with Crippen molar-refractivity contribution in [3.63, 3.8) is 0 Å². The first kappa shape index (κ1) is 19.8. The van der Waals surface area contributed by atoms with Crippen molar-refractivity contribution in [2.45, 2.75) is 18.9 Å². The normalized spacial score (nSPS) is 11.9. The number of anilines is 1. The summed E-state index contributed by atoms with van der Waals surface area (Å²) in [7, 11) is 0. The Labute approximate surface area is 146 Å². The van der Waals surface area contributed by atoms with Crippen LogP contribution in [0.4, 0.5) is 32.0 Å². The Hall–Kier alpha value is -2.56. The zero-order valence-electron chi connectivity index (χ0n) is 12.7. The molecule has 2 aromatic rings. The first-order chi connectivity index (χ1) is 12.0. The van der Waals surface area contributed by atoms with Crippen LogP contribution >= 0.6 is 11.3 Å². The van der Waals surface area contributed by atoms with Crippen molar-refractivity contribution >= 4 is 28.8 Å². The van der Waals surface area contributed by atoms with E-state index in [1.54, 1.807) is 22.8 Å². The predicted octanol–water partition coefficient (Wildman–Crippen LogP) is 4.04. The van der Waals surface area contributed by atoms with Gasteiger partial charge in [0, 0.05) is 10.6 Å². The first-order valence-corrected chi connectivity index (χ1v) is 7.76. The third-order valence-electron chi connectivity index (χ3n) is 3.06. The van der Waals surface area contributed by atoms with Crippen LogP contribution in [0.15, 0.2) is 35.7 Å². The monoisotopic (exact) mass is 396 g/mol. The third-order valence-corrected chi connectivity index (χ3v) is 3.93. The highest BCUT2D eigenvalue weighted by atomic mass is 32.1. The van der Waals surface area contributed by atoms with Gasteiger partial charge < -0.3 is 10.6 Å². The van der Waals surface area contributed by atoms with Crippen LogP contribution in [0.25, 0.3) is 0 Å². The Kier molecular flexibility index (Phi) is 5.59. The predicted molar refractivity (Wildman–Crippen MR) is 81.2 cm³/mol. The van der Waals surface area contributed by atoms with Gasteiger partial charge in [0.2, 0.25) is 0 Å². The lowest BCUT2D eigenvalue weighted by Crippen LogP contribution is -2.34. The van der Waals surface area contributed by atoms with Crippen LogP contribution in [0, 0.1) is 0 Å². The number of alkyl halides is 6. The number of halogens is 6. The van der Waals surface area contributed by atoms with E-state index in [9.17, 15) is 35.9 Å². The van der Waals surface area contributed by atoms with Crippen LogP contribution < -0.4 is 10.6 Å². The number of amides is 2. The van der Waals surface area contributed by atoms with Crippen molar-refractivity contribution in [2.75, 3.05) is 5.32 Å². The maximum Gasteiger partial charge on any atom is 0.416 e. The lowest BCUT2D eigenvalue weighted by Gasteiger charge is -2.14. The molecule has 2 N–H and O–H groups in total. The fourth-order valence-electron chi connectivity index (χ4n) is 1.88. The molecule has 0 spiro atoms. The lowest BCUT2D eigenvalue weighted by atomic mass is 10.1. The highest BCUT2D eigenvalue weighted by Crippen LogP contribution is 2.37. The number of benzene rings is 1. The molecule has 1 aromatic carbocycles. The van der Waals surface area contributed by atoms with Crippen LogP contribution in [0.1, 0.15) is 16.0 Å². The van der Waals surface area contributed by atoms with Gasteiger partial charge in [0.05, 0.1) is 17.7 Å². The van der Waals surface area contributed by atoms with Crippen LogP contribution in [0.3, 0.4) is 0 Å². The highest BCUT2D eigenvalue weighted by Gasteiger charge is 2.37. The molecule has 0 saturated heterocycles. The van der Waals surface area contributed by atoms with E-state index in [0.29, 0.717) is 17.0 Å². The molecule has 2 amide bonds. The molecular formula is C15H10F6N2O2S. The van der Waals surface area contributed by atoms with Crippen LogP contribution in [-0.4, -0.2) is 11.8 Å². The summed E-state index contributed by atoms with van der Waals surface area (Å²) in [5.74, 6) is -2.57. The molecule has 4 nitrogen and oxygen atoms in total. The van der Waals surface area contributed by atoms with E-state index < -0.39 is 41.0 Å². The second-order valence-corrected chi connectivity index (χ2v) is 6.04. The topological polar surface area (TPSA) is 58.2 Å². The van der Waals surface area contributed by atoms with Crippen LogP contribution in [0.2, 0.25) is 0 Å². The van der Waals surface area contributed by atoms with E-state index in [-0.39, 0.29) is 12.6 Å². The average molecular weight is 396 g/mol. The van der Waals surface area contributed by atoms with Gasteiger partial charge in [-0.2, -0.15) is 26.3 Å². The van der Waals surface area contributed by atoms with Crippen molar-refractivity contribution in [1.29, 1.82) is 0 Å². The van der Waals surface area contributed by atoms with Crippen molar-refractivity contribution < 1.29 is 35.9 Å². The second-order valence-electron chi connectivity index (χ2n) is 5.01. The maximum atomic E-state index is 12.8. The average Bonchev–Trinajstić information content (AvgIpc) is 3.04. The minimum Gasteiger partial charge on any atom is -0.343 e. The van der Waals surface area contributed by atoms with Gasteiger partial charge in [-0.05, 0) is 29.6 Å². The molecular weight excluding hydrogens is 386 g/mol. The Morgan fingerprint density at radius 3 is 1.96 bits per heavy atom. The molecule has 0 saturated carbocycles. The minimum absolute atomic E-state index is 0.000309. The van der Waals surface area contributed by atoms with Gasteiger partial charge in [0.1, 0.15) is 0 Å². The van der Waals surface area contributed by atoms with E-state index in [0.717, 1.165) is 0 Å². The highest BCUT2D eigenvalue weighted by molar-refractivity contribution is 7.09. The van der Waals surface area contributed by atoms with Crippen molar-refractivity contribution in [2.24, 2.45) is 0 Å². The largest absolute Gasteiger partial charge is 0.416 e. The fourth-order valence-corrected chi connectivity index (χ4v) is 2.52. The van der Waals surface area contributed by atoms with Gasteiger partial charge in [-0.1, -0.05) is 6.07 Å². The molecule has 0 bridgehead atoms. The van der Waals surface area contributed by atoms with E-state index >= 15 is 0 Å². The molecule has 0 fully saturated rings. The number of hydrogen-bond acceptors (Lipinski definition) is 3. The van der Waals surface area contributed by atoms with E-state index in [2.05, 4.69) is 5.32 Å². The van der Waals surface area contributed by atoms with E-state index in [1.165, 1.54) is 11.3 Å². The molecule has 0 aliphatic heterocycles. The quantitative estimate of drug-likeness (QED) is 0.608. The summed E-state index contributed by atoms with van der Waals surface area (Å²) in [5, 5.41) is 5.68. The van der Waals surface area contributed by atoms with Crippen molar-refractivity contribution in [1.82, 2.24) is 5.32 Å². The molecule has 0 unspecified atom stereocenters. The van der Waals surface area contributed by atoms with Crippen molar-refractivity contribution in [3.05, 3.63) is 51.7 Å². The van der Waals surface area contributed by atoms with E-state index in [1.807, 2.05) is 0 Å². The summed E-state index contributed by atoms with van der Waals surface area (Å²) in [5.41, 5.74) is -3.98. The molecule has 0 radical (unpaired) electrons. The minimum atomic E-state index is -5.05. The SMILES string of the molecule is O=C(NCc1cccs1)C(=O)Nc1cc(C(F)(F)F)cc(C(F)(F)F)c1. The van der Waals surface area contributed by atoms with Crippen molar-refractivity contribution in [3.8, 4) is 0 Å². The van der Waals surface area contributed by atoms with Gasteiger partial charge in [-0.15, -0.1) is 11.3 Å². The summed E-state index contributed by atoms with van der Waals surface area (Å²) in [4.78, 5) is 24.1. The lowest BCUT2D eigenvalue weighted by molar-refractivity contribution is -0.143. The Morgan fingerprint density at radius 1 is 0.923 bits per heavy atom.